The summed E-state index contributed by atoms with van der Waals surface area (Å²) in [6, 6.07) is 19.9. The average molecular weight is 473 g/mol. The maximum atomic E-state index is 5.07. The van der Waals surface area contributed by atoms with Crippen LogP contribution in [0.2, 0.25) is 0 Å². The zero-order valence-electron chi connectivity index (χ0n) is 19.8. The van der Waals surface area contributed by atoms with Gasteiger partial charge in [-0.1, -0.05) is 78.3 Å². The largest absolute Gasteiger partial charge is 0.365 e. The van der Waals surface area contributed by atoms with E-state index in [2.05, 4.69) is 81.2 Å². The minimum atomic E-state index is 0.509. The molecule has 0 unspecified atom stereocenters. The zero-order valence-corrected chi connectivity index (χ0v) is 20.6. The van der Waals surface area contributed by atoms with Crippen molar-refractivity contribution in [2.45, 2.75) is 45.2 Å². The summed E-state index contributed by atoms with van der Waals surface area (Å²) < 4.78 is 2.06. The highest BCUT2D eigenvalue weighted by Gasteiger charge is 2.25. The molecule has 0 bridgehead atoms. The predicted molar refractivity (Wildman–Crippen MR) is 141 cm³/mol. The maximum Gasteiger partial charge on any atom is 0.216 e. The fourth-order valence-electron chi connectivity index (χ4n) is 5.19. The normalized spacial score (nSPS) is 17.6. The van der Waals surface area contributed by atoms with Gasteiger partial charge in [0.25, 0.3) is 0 Å². The first-order valence-corrected chi connectivity index (χ1v) is 13.3. The van der Waals surface area contributed by atoms with Crippen LogP contribution in [0.3, 0.4) is 0 Å². The Hall–Kier alpha value is -2.90. The van der Waals surface area contributed by atoms with Crippen LogP contribution in [0.15, 0.2) is 54.6 Å². The van der Waals surface area contributed by atoms with Crippen LogP contribution >= 0.6 is 11.3 Å². The molecule has 3 heterocycles. The third kappa shape index (κ3) is 4.42. The lowest BCUT2D eigenvalue weighted by Gasteiger charge is -2.34. The first-order valence-electron chi connectivity index (χ1n) is 12.5. The summed E-state index contributed by atoms with van der Waals surface area (Å²) in [5.41, 5.74) is 4.82. The van der Waals surface area contributed by atoms with E-state index in [1.54, 1.807) is 11.3 Å². The van der Waals surface area contributed by atoms with Gasteiger partial charge in [-0.25, -0.2) is 4.98 Å². The van der Waals surface area contributed by atoms with E-state index < -0.39 is 0 Å². The molecule has 2 aliphatic rings. The van der Waals surface area contributed by atoms with E-state index in [9.17, 15) is 0 Å². The van der Waals surface area contributed by atoms with Crippen molar-refractivity contribution in [1.29, 1.82) is 0 Å². The molecule has 6 nitrogen and oxygen atoms in total. The van der Waals surface area contributed by atoms with E-state index in [1.165, 1.54) is 36.8 Å². The number of fused-ring (bicyclic) bond motifs is 1. The molecule has 2 fully saturated rings. The Labute approximate surface area is 205 Å². The van der Waals surface area contributed by atoms with Crippen LogP contribution in [0.25, 0.3) is 16.2 Å². The molecule has 2 aromatic heterocycles. The molecule has 1 N–H and O–H groups in total. The van der Waals surface area contributed by atoms with E-state index in [0.717, 1.165) is 59.9 Å². The molecule has 2 aromatic carbocycles. The number of anilines is 2. The van der Waals surface area contributed by atoms with Crippen LogP contribution in [0, 0.1) is 6.92 Å². The van der Waals surface area contributed by atoms with Crippen molar-refractivity contribution in [1.82, 2.24) is 19.5 Å². The molecular formula is C27H32N6S. The second kappa shape index (κ2) is 9.39. The Morgan fingerprint density at radius 1 is 0.971 bits per heavy atom. The molecule has 34 heavy (non-hydrogen) atoms. The third-order valence-corrected chi connectivity index (χ3v) is 8.04. The first kappa shape index (κ1) is 21.6. The van der Waals surface area contributed by atoms with E-state index in [0.29, 0.717) is 6.04 Å². The molecule has 1 aliphatic carbocycles. The van der Waals surface area contributed by atoms with Crippen molar-refractivity contribution in [2.75, 3.05) is 36.4 Å². The van der Waals surface area contributed by atoms with Crippen LogP contribution < -0.4 is 10.2 Å². The van der Waals surface area contributed by atoms with Crippen LogP contribution in [-0.2, 0) is 6.54 Å². The van der Waals surface area contributed by atoms with Crippen molar-refractivity contribution >= 4 is 27.2 Å². The van der Waals surface area contributed by atoms with Crippen LogP contribution in [-0.4, -0.2) is 51.7 Å². The summed E-state index contributed by atoms with van der Waals surface area (Å²) in [6.45, 7) is 7.27. The fraction of sp³-hybridized carbons (Fsp3) is 0.407. The number of piperazine rings is 1. The highest BCUT2D eigenvalue weighted by Crippen LogP contribution is 2.35. The Balaban J connectivity index is 1.24. The highest BCUT2D eigenvalue weighted by atomic mass is 32.1. The van der Waals surface area contributed by atoms with E-state index in [-0.39, 0.29) is 0 Å². The van der Waals surface area contributed by atoms with Gasteiger partial charge < -0.3 is 10.2 Å². The third-order valence-electron chi connectivity index (χ3n) is 7.07. The highest BCUT2D eigenvalue weighted by molar-refractivity contribution is 7.20. The van der Waals surface area contributed by atoms with Gasteiger partial charge in [0, 0.05) is 44.3 Å². The number of rotatable bonds is 6. The molecule has 176 valence electrons. The molecule has 0 atom stereocenters. The molecule has 1 saturated heterocycles. The Kier molecular flexibility index (Phi) is 5.97. The van der Waals surface area contributed by atoms with Crippen LogP contribution in [0.5, 0.6) is 0 Å². The number of hydrogen-bond donors (Lipinski definition) is 1. The van der Waals surface area contributed by atoms with E-state index >= 15 is 0 Å². The van der Waals surface area contributed by atoms with Crippen molar-refractivity contribution in [3.8, 4) is 11.3 Å². The molecule has 4 aromatic rings. The SMILES string of the molecule is Cc1cccc(-c2nc3sc(N4CCN(Cc5ccccc5)CC4)nn3c2NC2CCCC2)c1. The quantitative estimate of drug-likeness (QED) is 0.405. The van der Waals surface area contributed by atoms with Gasteiger partial charge in [-0.2, -0.15) is 4.52 Å². The minimum absolute atomic E-state index is 0.509. The number of imidazole rings is 1. The summed E-state index contributed by atoms with van der Waals surface area (Å²) >= 11 is 1.71. The molecule has 1 saturated carbocycles. The van der Waals surface area contributed by atoms with E-state index in [1.807, 2.05) is 0 Å². The molecule has 0 amide bonds. The van der Waals surface area contributed by atoms with Gasteiger partial charge in [0.15, 0.2) is 5.82 Å². The van der Waals surface area contributed by atoms with Gasteiger partial charge >= 0.3 is 0 Å². The molecule has 0 radical (unpaired) electrons. The number of benzene rings is 2. The lowest BCUT2D eigenvalue weighted by molar-refractivity contribution is 0.249. The molecule has 1 aliphatic heterocycles. The topological polar surface area (TPSA) is 48.7 Å². The van der Waals surface area contributed by atoms with Gasteiger partial charge in [0.2, 0.25) is 10.1 Å². The molecule has 6 rings (SSSR count). The second-order valence-electron chi connectivity index (χ2n) is 9.63. The van der Waals surface area contributed by atoms with Gasteiger partial charge in [-0.15, -0.1) is 5.10 Å². The Bertz CT molecular complexity index is 1250. The fourth-order valence-corrected chi connectivity index (χ4v) is 6.14. The summed E-state index contributed by atoms with van der Waals surface area (Å²) in [5, 5.41) is 9.97. The second-order valence-corrected chi connectivity index (χ2v) is 10.6. The number of nitrogens with one attached hydrogen (secondary N) is 1. The Morgan fingerprint density at radius 2 is 1.76 bits per heavy atom. The lowest BCUT2D eigenvalue weighted by Crippen LogP contribution is -2.46. The number of nitrogens with zero attached hydrogens (tertiary/aromatic N) is 5. The lowest BCUT2D eigenvalue weighted by atomic mass is 10.1. The minimum Gasteiger partial charge on any atom is -0.365 e. The summed E-state index contributed by atoms with van der Waals surface area (Å²) in [4.78, 5) is 11.0. The molecule has 0 spiro atoms. The average Bonchev–Trinajstić information content (AvgIpc) is 3.59. The van der Waals surface area contributed by atoms with Crippen molar-refractivity contribution in [2.24, 2.45) is 0 Å². The van der Waals surface area contributed by atoms with Gasteiger partial charge in [0.05, 0.1) is 0 Å². The first-order chi connectivity index (χ1) is 16.7. The molecule has 7 heteroatoms. The van der Waals surface area contributed by atoms with Gasteiger partial charge in [-0.3, -0.25) is 4.90 Å². The van der Waals surface area contributed by atoms with Crippen molar-refractivity contribution in [3.63, 3.8) is 0 Å². The van der Waals surface area contributed by atoms with E-state index in [4.69, 9.17) is 10.1 Å². The van der Waals surface area contributed by atoms with Crippen molar-refractivity contribution in [3.05, 3.63) is 65.7 Å². The van der Waals surface area contributed by atoms with Crippen LogP contribution in [0.1, 0.15) is 36.8 Å². The molecular weight excluding hydrogens is 440 g/mol. The standard InChI is InChI=1S/C27H32N6S/c1-20-8-7-11-22(18-20)24-25(28-23-12-5-6-13-23)33-26(29-24)34-27(30-33)32-16-14-31(15-17-32)19-21-9-3-2-4-10-21/h2-4,7-11,18,23,28H,5-6,12-17,19H2,1H3. The summed E-state index contributed by atoms with van der Waals surface area (Å²) in [6.07, 6.45) is 5.05. The predicted octanol–water partition coefficient (Wildman–Crippen LogP) is 5.44. The number of aryl methyl sites for hydroxylation is 1. The van der Waals surface area contributed by atoms with Crippen molar-refractivity contribution < 1.29 is 0 Å². The Morgan fingerprint density at radius 3 is 2.53 bits per heavy atom. The zero-order chi connectivity index (χ0) is 22.9. The van der Waals surface area contributed by atoms with Gasteiger partial charge in [0.1, 0.15) is 5.69 Å². The van der Waals surface area contributed by atoms with Crippen LogP contribution in [0.4, 0.5) is 10.9 Å². The van der Waals surface area contributed by atoms with Gasteiger partial charge in [-0.05, 0) is 31.4 Å². The summed E-state index contributed by atoms with van der Waals surface area (Å²) in [5.74, 6) is 1.05. The smallest absolute Gasteiger partial charge is 0.216 e. The maximum absolute atomic E-state index is 5.07. The number of hydrogen-bond acceptors (Lipinski definition) is 6. The summed E-state index contributed by atoms with van der Waals surface area (Å²) in [7, 11) is 0. The number of aromatic nitrogens is 3. The monoisotopic (exact) mass is 472 g/mol.